The van der Waals surface area contributed by atoms with Crippen LogP contribution in [0, 0.1) is 19.7 Å². The van der Waals surface area contributed by atoms with Crippen molar-refractivity contribution in [1.29, 1.82) is 0 Å². The van der Waals surface area contributed by atoms with Crippen LogP contribution < -0.4 is 0 Å². The van der Waals surface area contributed by atoms with Crippen LogP contribution >= 0.6 is 11.6 Å². The fraction of sp³-hybridized carbons (Fsp3) is 0.500. The predicted octanol–water partition coefficient (Wildman–Crippen LogP) is 3.28. The molecule has 26 heavy (non-hydrogen) atoms. The minimum absolute atomic E-state index is 0.0984. The molecule has 2 heterocycles. The molecule has 0 spiro atoms. The molecule has 1 aromatic carbocycles. The molecule has 3 rings (SSSR count). The highest BCUT2D eigenvalue weighted by molar-refractivity contribution is 7.91. The Morgan fingerprint density at radius 3 is 2.62 bits per heavy atom. The number of halogens is 2. The van der Waals surface area contributed by atoms with Crippen LogP contribution in [-0.2, 0) is 22.9 Å². The molecule has 0 aliphatic carbocycles. The molecule has 0 radical (unpaired) electrons. The van der Waals surface area contributed by atoms with Crippen molar-refractivity contribution in [1.82, 2.24) is 14.7 Å². The quantitative estimate of drug-likeness (QED) is 0.774. The maximum Gasteiger partial charge on any atom is 0.152 e. The van der Waals surface area contributed by atoms with E-state index >= 15 is 0 Å². The summed E-state index contributed by atoms with van der Waals surface area (Å²) < 4.78 is 39.4. The molecule has 1 aromatic heterocycles. The van der Waals surface area contributed by atoms with Gasteiger partial charge in [-0.1, -0.05) is 17.7 Å². The van der Waals surface area contributed by atoms with E-state index < -0.39 is 9.84 Å². The molecule has 1 aliphatic heterocycles. The van der Waals surface area contributed by atoms with E-state index in [0.29, 0.717) is 30.1 Å². The van der Waals surface area contributed by atoms with E-state index in [9.17, 15) is 12.8 Å². The van der Waals surface area contributed by atoms with Crippen molar-refractivity contribution in [2.45, 2.75) is 39.4 Å². The van der Waals surface area contributed by atoms with E-state index in [1.165, 1.54) is 6.07 Å². The molecule has 0 unspecified atom stereocenters. The van der Waals surface area contributed by atoms with Gasteiger partial charge in [0.25, 0.3) is 0 Å². The lowest BCUT2D eigenvalue weighted by atomic mass is 10.1. The van der Waals surface area contributed by atoms with Crippen LogP contribution in [0.25, 0.3) is 0 Å². The predicted molar refractivity (Wildman–Crippen MR) is 101 cm³/mol. The summed E-state index contributed by atoms with van der Waals surface area (Å²) in [6, 6.07) is 4.58. The van der Waals surface area contributed by atoms with E-state index in [2.05, 4.69) is 5.10 Å². The highest BCUT2D eigenvalue weighted by Crippen LogP contribution is 2.28. The zero-order chi connectivity index (χ0) is 19.1. The molecule has 142 valence electrons. The summed E-state index contributed by atoms with van der Waals surface area (Å²) in [6.07, 6.45) is 0.602. The smallest absolute Gasteiger partial charge is 0.152 e. The summed E-state index contributed by atoms with van der Waals surface area (Å²) in [5.74, 6) is 0.0520. The van der Waals surface area contributed by atoms with E-state index in [-0.39, 0.29) is 23.4 Å². The van der Waals surface area contributed by atoms with Gasteiger partial charge < -0.3 is 0 Å². The number of hydrogen-bond donors (Lipinski definition) is 0. The Morgan fingerprint density at radius 2 is 2.00 bits per heavy atom. The summed E-state index contributed by atoms with van der Waals surface area (Å²) in [5.41, 5.74) is 3.36. The first-order chi connectivity index (χ1) is 12.2. The summed E-state index contributed by atoms with van der Waals surface area (Å²) in [6.45, 7) is 4.85. The molecular formula is C18H23ClFN3O2S. The summed E-state index contributed by atoms with van der Waals surface area (Å²) in [7, 11) is -1.06. The average molecular weight is 400 g/mol. The number of aryl methyl sites for hydroxylation is 1. The van der Waals surface area contributed by atoms with Crippen LogP contribution in [-0.4, -0.2) is 41.7 Å². The Morgan fingerprint density at radius 1 is 1.31 bits per heavy atom. The maximum atomic E-state index is 14.0. The zero-order valence-corrected chi connectivity index (χ0v) is 16.7. The number of nitrogens with zero attached hydrogens (tertiary/aromatic N) is 3. The molecule has 0 saturated carbocycles. The SMILES string of the molecule is Cc1nn([C@H]2CCS(=O)(=O)C2)c(C)c1CN(C)Cc1c(F)cccc1Cl. The van der Waals surface area contributed by atoms with Crippen LogP contribution in [0.2, 0.25) is 5.02 Å². The monoisotopic (exact) mass is 399 g/mol. The fourth-order valence-electron chi connectivity index (χ4n) is 3.53. The van der Waals surface area contributed by atoms with Crippen LogP contribution in [0.3, 0.4) is 0 Å². The third-order valence-corrected chi connectivity index (χ3v) is 7.05. The molecule has 0 amide bonds. The van der Waals surface area contributed by atoms with Gasteiger partial charge >= 0.3 is 0 Å². The van der Waals surface area contributed by atoms with Gasteiger partial charge in [0.05, 0.1) is 23.2 Å². The molecule has 5 nitrogen and oxygen atoms in total. The second-order valence-electron chi connectivity index (χ2n) is 7.02. The van der Waals surface area contributed by atoms with Gasteiger partial charge in [-0.3, -0.25) is 9.58 Å². The van der Waals surface area contributed by atoms with Crippen molar-refractivity contribution in [2.75, 3.05) is 18.6 Å². The van der Waals surface area contributed by atoms with Gasteiger partial charge in [0, 0.05) is 34.9 Å². The molecule has 1 aliphatic rings. The van der Waals surface area contributed by atoms with E-state index in [1.54, 1.807) is 12.1 Å². The summed E-state index contributed by atoms with van der Waals surface area (Å²) >= 11 is 6.12. The largest absolute Gasteiger partial charge is 0.298 e. The minimum Gasteiger partial charge on any atom is -0.298 e. The average Bonchev–Trinajstić information content (AvgIpc) is 3.05. The van der Waals surface area contributed by atoms with Crippen LogP contribution in [0.15, 0.2) is 18.2 Å². The normalized spacial score (nSPS) is 19.4. The molecular weight excluding hydrogens is 377 g/mol. The van der Waals surface area contributed by atoms with Gasteiger partial charge in [0.2, 0.25) is 0 Å². The molecule has 0 N–H and O–H groups in total. The Balaban J connectivity index is 1.78. The van der Waals surface area contributed by atoms with E-state index in [4.69, 9.17) is 11.6 Å². The molecule has 0 bridgehead atoms. The third kappa shape index (κ3) is 3.94. The van der Waals surface area contributed by atoms with Crippen molar-refractivity contribution < 1.29 is 12.8 Å². The van der Waals surface area contributed by atoms with Gasteiger partial charge in [-0.2, -0.15) is 5.10 Å². The summed E-state index contributed by atoms with van der Waals surface area (Å²) in [4.78, 5) is 1.98. The molecule has 8 heteroatoms. The number of sulfone groups is 1. The van der Waals surface area contributed by atoms with Crippen molar-refractivity contribution in [3.63, 3.8) is 0 Å². The molecule has 1 fully saturated rings. The number of rotatable bonds is 5. The third-order valence-electron chi connectivity index (χ3n) is 4.95. The lowest BCUT2D eigenvalue weighted by molar-refractivity contribution is 0.312. The zero-order valence-electron chi connectivity index (χ0n) is 15.2. The Kier molecular flexibility index (Phi) is 5.42. The first-order valence-electron chi connectivity index (χ1n) is 8.54. The van der Waals surface area contributed by atoms with Gasteiger partial charge in [0.1, 0.15) is 5.82 Å². The van der Waals surface area contributed by atoms with Gasteiger partial charge in [-0.05, 0) is 39.4 Å². The first-order valence-corrected chi connectivity index (χ1v) is 10.7. The Bertz CT molecular complexity index is 907. The number of aromatic nitrogens is 2. The number of benzene rings is 1. The van der Waals surface area contributed by atoms with Crippen LogP contribution in [0.4, 0.5) is 4.39 Å². The van der Waals surface area contributed by atoms with Crippen molar-refractivity contribution >= 4 is 21.4 Å². The molecule has 2 aromatic rings. The number of hydrogen-bond acceptors (Lipinski definition) is 4. The highest BCUT2D eigenvalue weighted by atomic mass is 35.5. The van der Waals surface area contributed by atoms with Crippen LogP contribution in [0.5, 0.6) is 0 Å². The Labute approximate surface area is 158 Å². The maximum absolute atomic E-state index is 14.0. The van der Waals surface area contributed by atoms with Crippen molar-refractivity contribution in [3.8, 4) is 0 Å². The van der Waals surface area contributed by atoms with E-state index in [1.807, 2.05) is 30.5 Å². The standard InChI is InChI=1S/C18H23ClFN3O2S/c1-12-15(9-22(3)10-16-17(19)5-4-6-18(16)20)13(2)23(21-12)14-7-8-26(24,25)11-14/h4-6,14H,7-11H2,1-3H3/t14-/m0/s1. The van der Waals surface area contributed by atoms with Gasteiger partial charge in [0.15, 0.2) is 9.84 Å². The Hall–Kier alpha value is -1.44. The van der Waals surface area contributed by atoms with Gasteiger partial charge in [-0.15, -0.1) is 0 Å². The minimum atomic E-state index is -2.96. The summed E-state index contributed by atoms with van der Waals surface area (Å²) in [5, 5.41) is 4.99. The topological polar surface area (TPSA) is 55.2 Å². The molecule has 1 saturated heterocycles. The van der Waals surface area contributed by atoms with Gasteiger partial charge in [-0.25, -0.2) is 12.8 Å². The fourth-order valence-corrected chi connectivity index (χ4v) is 5.44. The lowest BCUT2D eigenvalue weighted by Crippen LogP contribution is -2.19. The molecule has 1 atom stereocenters. The van der Waals surface area contributed by atoms with Crippen molar-refractivity contribution in [2.24, 2.45) is 0 Å². The van der Waals surface area contributed by atoms with Crippen LogP contribution in [0.1, 0.15) is 35.0 Å². The van der Waals surface area contributed by atoms with Crippen molar-refractivity contribution in [3.05, 3.63) is 51.6 Å². The lowest BCUT2D eigenvalue weighted by Gasteiger charge is -2.19. The van der Waals surface area contributed by atoms with E-state index in [0.717, 1.165) is 17.0 Å². The second-order valence-corrected chi connectivity index (χ2v) is 9.66. The second kappa shape index (κ2) is 7.29. The first kappa shape index (κ1) is 19.3. The highest BCUT2D eigenvalue weighted by Gasteiger charge is 2.31.